The fraction of sp³-hybridized carbons (Fsp3) is 0.143. The molecule has 1 atom stereocenters. The Morgan fingerprint density at radius 2 is 1.78 bits per heavy atom. The molecule has 1 unspecified atom stereocenters. The first kappa shape index (κ1) is 23.2. The Morgan fingerprint density at radius 1 is 1.06 bits per heavy atom. The molecule has 3 aromatic carbocycles. The predicted octanol–water partition coefficient (Wildman–Crippen LogP) is 6.26. The molecule has 0 saturated carbocycles. The van der Waals surface area contributed by atoms with Crippen LogP contribution in [-0.2, 0) is 12.6 Å². The van der Waals surface area contributed by atoms with Gasteiger partial charge in [0.15, 0.2) is 5.75 Å². The Bertz CT molecular complexity index is 1630. The van der Waals surface area contributed by atoms with Gasteiger partial charge in [-0.25, -0.2) is 4.79 Å². The SMILES string of the molecule is CCc1ccc2oc(=O)c3c(c2c1)OC(N)=C(C#N)C3c1ccc(-c2ccccc2C(F)(F)F)cc1. The van der Waals surface area contributed by atoms with Crippen molar-refractivity contribution in [3.05, 3.63) is 111 Å². The highest BCUT2D eigenvalue weighted by molar-refractivity contribution is 5.86. The van der Waals surface area contributed by atoms with E-state index >= 15 is 0 Å². The van der Waals surface area contributed by atoms with E-state index < -0.39 is 23.3 Å². The molecular formula is C28H19F3N2O3. The zero-order chi connectivity index (χ0) is 25.6. The minimum atomic E-state index is -4.52. The number of halogens is 3. The van der Waals surface area contributed by atoms with Crippen molar-refractivity contribution in [3.8, 4) is 22.9 Å². The number of fused-ring (bicyclic) bond motifs is 3. The summed E-state index contributed by atoms with van der Waals surface area (Å²) in [6, 6.07) is 18.9. The zero-order valence-electron chi connectivity index (χ0n) is 19.0. The Morgan fingerprint density at radius 3 is 2.44 bits per heavy atom. The van der Waals surface area contributed by atoms with Gasteiger partial charge in [0.25, 0.3) is 0 Å². The molecule has 5 rings (SSSR count). The van der Waals surface area contributed by atoms with Crippen LogP contribution in [0.4, 0.5) is 13.2 Å². The lowest BCUT2D eigenvalue weighted by atomic mass is 9.83. The second kappa shape index (κ2) is 8.61. The molecule has 2 N–H and O–H groups in total. The van der Waals surface area contributed by atoms with Crippen LogP contribution < -0.4 is 16.1 Å². The van der Waals surface area contributed by atoms with E-state index in [0.29, 0.717) is 22.1 Å². The molecule has 0 fully saturated rings. The number of nitriles is 1. The Balaban J connectivity index is 1.69. The van der Waals surface area contributed by atoms with Crippen molar-refractivity contribution < 1.29 is 22.3 Å². The third-order valence-corrected chi connectivity index (χ3v) is 6.33. The molecule has 0 amide bonds. The van der Waals surface area contributed by atoms with Crippen LogP contribution in [-0.4, -0.2) is 0 Å². The summed E-state index contributed by atoms with van der Waals surface area (Å²) in [5.74, 6) is -0.837. The van der Waals surface area contributed by atoms with Crippen LogP contribution in [0.2, 0.25) is 0 Å². The lowest BCUT2D eigenvalue weighted by Gasteiger charge is -2.26. The quantitative estimate of drug-likeness (QED) is 0.344. The van der Waals surface area contributed by atoms with Crippen LogP contribution in [0.3, 0.4) is 0 Å². The Hall–Kier alpha value is -4.51. The number of rotatable bonds is 3. The molecule has 0 spiro atoms. The maximum Gasteiger partial charge on any atom is 0.417 e. The number of alkyl halides is 3. The van der Waals surface area contributed by atoms with Crippen molar-refractivity contribution in [1.82, 2.24) is 0 Å². The standard InChI is InChI=1S/C28H19F3N2O3/c1-2-15-7-12-22-19(13-15)25-24(27(34)35-22)23(20(14-32)26(33)36-25)17-10-8-16(9-11-17)18-5-3-4-6-21(18)28(29,30)31/h3-13,23H,2,33H2,1H3. The normalized spacial score (nSPS) is 15.4. The van der Waals surface area contributed by atoms with Crippen molar-refractivity contribution in [2.75, 3.05) is 0 Å². The minimum Gasteiger partial charge on any atom is -0.439 e. The van der Waals surface area contributed by atoms with Gasteiger partial charge in [-0.1, -0.05) is 55.5 Å². The third-order valence-electron chi connectivity index (χ3n) is 6.33. The smallest absolute Gasteiger partial charge is 0.417 e. The summed E-state index contributed by atoms with van der Waals surface area (Å²) in [5, 5.41) is 10.4. The summed E-state index contributed by atoms with van der Waals surface area (Å²) in [5.41, 5.74) is 6.97. The summed E-state index contributed by atoms with van der Waals surface area (Å²) in [6.07, 6.45) is -3.78. The van der Waals surface area contributed by atoms with Crippen molar-refractivity contribution in [2.24, 2.45) is 5.73 Å². The number of nitrogens with two attached hydrogens (primary N) is 1. The lowest BCUT2D eigenvalue weighted by Crippen LogP contribution is -2.26. The number of hydrogen-bond acceptors (Lipinski definition) is 5. The summed E-state index contributed by atoms with van der Waals surface area (Å²) < 4.78 is 51.9. The fourth-order valence-corrected chi connectivity index (χ4v) is 4.56. The molecule has 0 aliphatic carbocycles. The number of allylic oxidation sites excluding steroid dienone is 1. The number of benzene rings is 3. The maximum absolute atomic E-state index is 13.5. The zero-order valence-corrected chi connectivity index (χ0v) is 19.0. The highest BCUT2D eigenvalue weighted by atomic mass is 19.4. The van der Waals surface area contributed by atoms with Crippen LogP contribution >= 0.6 is 0 Å². The monoisotopic (exact) mass is 488 g/mol. The minimum absolute atomic E-state index is 0.0178. The van der Waals surface area contributed by atoms with Gasteiger partial charge in [0.1, 0.15) is 17.2 Å². The van der Waals surface area contributed by atoms with Crippen LogP contribution in [0.25, 0.3) is 22.1 Å². The number of nitrogens with zero attached hydrogens (tertiary/aromatic N) is 1. The highest BCUT2D eigenvalue weighted by Gasteiger charge is 2.36. The van der Waals surface area contributed by atoms with E-state index in [0.717, 1.165) is 18.1 Å². The lowest BCUT2D eigenvalue weighted by molar-refractivity contribution is -0.137. The molecular weight excluding hydrogens is 469 g/mol. The first-order valence-corrected chi connectivity index (χ1v) is 11.2. The average molecular weight is 488 g/mol. The average Bonchev–Trinajstić information content (AvgIpc) is 2.87. The summed E-state index contributed by atoms with van der Waals surface area (Å²) in [6.45, 7) is 1.98. The van der Waals surface area contributed by atoms with Gasteiger partial charge < -0.3 is 14.9 Å². The maximum atomic E-state index is 13.5. The Labute approximate surface area is 203 Å². The summed E-state index contributed by atoms with van der Waals surface area (Å²) in [4.78, 5) is 13.1. The molecule has 1 aliphatic heterocycles. The molecule has 5 nitrogen and oxygen atoms in total. The van der Waals surface area contributed by atoms with Crippen molar-refractivity contribution in [2.45, 2.75) is 25.4 Å². The van der Waals surface area contributed by atoms with Gasteiger partial charge in [-0.15, -0.1) is 0 Å². The molecule has 0 radical (unpaired) electrons. The van der Waals surface area contributed by atoms with Crippen LogP contribution in [0.1, 0.15) is 35.1 Å². The van der Waals surface area contributed by atoms with Gasteiger partial charge >= 0.3 is 11.8 Å². The molecule has 180 valence electrons. The van der Waals surface area contributed by atoms with E-state index in [1.54, 1.807) is 18.2 Å². The molecule has 4 aromatic rings. The van der Waals surface area contributed by atoms with E-state index in [2.05, 4.69) is 0 Å². The molecule has 0 bridgehead atoms. The van der Waals surface area contributed by atoms with Gasteiger partial charge in [-0.2, -0.15) is 18.4 Å². The van der Waals surface area contributed by atoms with Gasteiger partial charge in [0.05, 0.1) is 22.4 Å². The van der Waals surface area contributed by atoms with Crippen molar-refractivity contribution >= 4 is 11.0 Å². The molecule has 0 saturated heterocycles. The van der Waals surface area contributed by atoms with Crippen LogP contribution in [0.15, 0.2) is 87.4 Å². The van der Waals surface area contributed by atoms with Gasteiger partial charge in [0, 0.05) is 0 Å². The van der Waals surface area contributed by atoms with E-state index in [9.17, 15) is 23.2 Å². The molecule has 2 heterocycles. The molecule has 1 aliphatic rings. The topological polar surface area (TPSA) is 89.2 Å². The fourth-order valence-electron chi connectivity index (χ4n) is 4.56. The first-order valence-electron chi connectivity index (χ1n) is 11.2. The van der Waals surface area contributed by atoms with E-state index in [1.807, 2.05) is 25.1 Å². The summed E-state index contributed by atoms with van der Waals surface area (Å²) in [7, 11) is 0. The van der Waals surface area contributed by atoms with Crippen molar-refractivity contribution in [3.63, 3.8) is 0 Å². The third kappa shape index (κ3) is 3.79. The number of ether oxygens (including phenoxy) is 1. The van der Waals surface area contributed by atoms with Gasteiger partial charge in [-0.05, 0) is 46.9 Å². The van der Waals surface area contributed by atoms with E-state index in [-0.39, 0.29) is 28.3 Å². The predicted molar refractivity (Wildman–Crippen MR) is 128 cm³/mol. The van der Waals surface area contributed by atoms with Crippen LogP contribution in [0, 0.1) is 11.3 Å². The first-order chi connectivity index (χ1) is 17.2. The van der Waals surface area contributed by atoms with E-state index in [1.165, 1.54) is 30.3 Å². The molecule has 1 aromatic heterocycles. The number of hydrogen-bond donors (Lipinski definition) is 1. The van der Waals surface area contributed by atoms with Crippen LogP contribution in [0.5, 0.6) is 5.75 Å². The second-order valence-electron chi connectivity index (χ2n) is 8.41. The molecule has 8 heteroatoms. The highest BCUT2D eigenvalue weighted by Crippen LogP contribution is 2.44. The Kier molecular flexibility index (Phi) is 5.56. The summed E-state index contributed by atoms with van der Waals surface area (Å²) >= 11 is 0. The second-order valence-corrected chi connectivity index (χ2v) is 8.41. The van der Waals surface area contributed by atoms with Gasteiger partial charge in [-0.3, -0.25) is 0 Å². The largest absolute Gasteiger partial charge is 0.439 e. The van der Waals surface area contributed by atoms with Crippen molar-refractivity contribution in [1.29, 1.82) is 5.26 Å². The number of aryl methyl sites for hydroxylation is 1. The van der Waals surface area contributed by atoms with Gasteiger partial charge in [0.2, 0.25) is 5.88 Å². The van der Waals surface area contributed by atoms with E-state index in [4.69, 9.17) is 14.9 Å². The molecule has 36 heavy (non-hydrogen) atoms.